The molecule has 0 saturated heterocycles. The normalized spacial score (nSPS) is 14.6. The van der Waals surface area contributed by atoms with E-state index >= 15 is 0 Å². The van der Waals surface area contributed by atoms with Crippen LogP contribution in [-0.2, 0) is 207 Å². The summed E-state index contributed by atoms with van der Waals surface area (Å²) in [5.41, 5.74) is 41.8. The minimum atomic E-state index is 0. The molecule has 630 valence electrons. The van der Waals surface area contributed by atoms with Gasteiger partial charge < -0.3 is 56.6 Å². The van der Waals surface area contributed by atoms with Crippen LogP contribution in [0.4, 0.5) is 0 Å². The first kappa shape index (κ1) is 91.0. The molecule has 0 radical (unpaired) electrons. The summed E-state index contributed by atoms with van der Waals surface area (Å²) in [5.74, 6) is 0. The molecule has 12 heterocycles. The number of hydrogen-bond acceptors (Lipinski definition) is 16. The van der Waals surface area contributed by atoms with Gasteiger partial charge in [-0.1, -0.05) is 176 Å². The summed E-state index contributed by atoms with van der Waals surface area (Å²) in [7, 11) is 0. The van der Waals surface area contributed by atoms with Crippen molar-refractivity contribution in [2.24, 2.45) is 0 Å². The molecule has 4 N–H and O–H groups in total. The SMILES string of the molecule is CC.CC.CCc1cc2c(c(-c3ccccc3)n1)COC2.CCc1cc2c(c(C)n1)COC2.Cc1nc(CNC2CCCC2)cc2c1COC2.Cc1nc(CNCc2ccc3c(c2)C=CC3)cc2c1COC2.Cc1nc(CNCc2ccc3c(c2)CC=C3)cc2c1COC2.[CH2-]Cc1[c-]ccc(CNCc2cc3c(c(-c4ccccc4)n2)COC3)c1.[W+2]. The zero-order valence-corrected chi connectivity index (χ0v) is 75.8. The standard InChI is InChI=1S/C23H22N2O.2C19H20N2O.C15H15NO.C14H20N2O.C10H13NO.2C2H6.W/c1-2-17-7-6-8-18(11-17)13-24-14-21-12-20-15-26-16-22(20)23(25-21)19-9-4-3-5-10-19;2*1-13-19-12-22-11-17(19)8-18(21-13)10-20-9-14-5-6-15-3-2-4-16(15)7-14;1-2-13-8-12-9-17-10-14(12)15(16-13)11-6-4-3-5-7-11;1-10-14-9-17-8-11(14)6-13(16-10)7-15-12-4-2-3-5-12;1-3-9-4-8-5-12-6-10(8)7(2)11-9;2*1-2;/h3-6,8-12,24H,1-2,13-16H2;2,4-8,20H,3,9-12H2,1H3;2-3,5-8,20H,4,9-12H2,1H3;3-8H,2,9-10H2,1H3;6,12,15H,2-5,7-9H2,1H3;4H,3,5-6H2,1-2H3;2*1-2H3;/q-2;;;;;;;;+2. The predicted octanol–water partition coefficient (Wildman–Crippen LogP) is 20.6. The molecule has 17 heteroatoms. The van der Waals surface area contributed by atoms with Gasteiger partial charge in [0.2, 0.25) is 0 Å². The molecule has 0 unspecified atom stereocenters. The second kappa shape index (κ2) is 46.3. The van der Waals surface area contributed by atoms with Crippen molar-refractivity contribution in [2.45, 2.75) is 258 Å². The fraction of sp³-hybridized carbons (Fsp3) is 0.375. The first-order valence-corrected chi connectivity index (χ1v) is 43.7. The van der Waals surface area contributed by atoms with Gasteiger partial charge in [0.25, 0.3) is 0 Å². The van der Waals surface area contributed by atoms with Gasteiger partial charge in [-0.05, 0) is 176 Å². The molecule has 16 nitrogen and oxygen atoms in total. The van der Waals surface area contributed by atoms with E-state index < -0.39 is 0 Å². The summed E-state index contributed by atoms with van der Waals surface area (Å²) in [6, 6.07) is 57.4. The molecule has 11 aromatic rings. The van der Waals surface area contributed by atoms with Gasteiger partial charge in [0.05, 0.1) is 113 Å². The number of pyridine rings is 6. The fourth-order valence-electron chi connectivity index (χ4n) is 16.6. The molecule has 6 aliphatic heterocycles. The number of ether oxygens (including phenoxy) is 6. The minimum absolute atomic E-state index is 0. The van der Waals surface area contributed by atoms with Crippen LogP contribution in [-0.4, -0.2) is 35.9 Å². The van der Waals surface area contributed by atoms with Crippen molar-refractivity contribution in [1.82, 2.24) is 51.2 Å². The van der Waals surface area contributed by atoms with E-state index in [4.69, 9.17) is 38.4 Å². The molecular formula is C104H122N10O6W. The van der Waals surface area contributed by atoms with Crippen molar-refractivity contribution in [2.75, 3.05) is 0 Å². The topological polar surface area (TPSA) is 181 Å². The summed E-state index contributed by atoms with van der Waals surface area (Å²) in [5, 5.41) is 14.1. The maximum absolute atomic E-state index is 5.66. The number of nitrogens with one attached hydrogen (secondary N) is 4. The molecule has 0 spiro atoms. The zero-order valence-electron chi connectivity index (χ0n) is 72.9. The Kier molecular flexibility index (Phi) is 34.8. The van der Waals surface area contributed by atoms with Crippen LogP contribution in [0.5, 0.6) is 0 Å². The van der Waals surface area contributed by atoms with E-state index in [2.05, 4.69) is 253 Å². The quantitative estimate of drug-likeness (QED) is 0.0529. The summed E-state index contributed by atoms with van der Waals surface area (Å²) in [6.07, 6.45) is 19.1. The van der Waals surface area contributed by atoms with E-state index in [1.807, 2.05) is 45.9 Å². The van der Waals surface area contributed by atoms with Gasteiger partial charge >= 0.3 is 21.1 Å². The van der Waals surface area contributed by atoms with E-state index in [0.29, 0.717) is 39.1 Å². The van der Waals surface area contributed by atoms with E-state index in [1.165, 1.54) is 148 Å². The van der Waals surface area contributed by atoms with Gasteiger partial charge in [-0.25, -0.2) is 0 Å². The molecule has 9 aliphatic rings. The third-order valence-electron chi connectivity index (χ3n) is 23.0. The van der Waals surface area contributed by atoms with Gasteiger partial charge in [-0.2, -0.15) is 36.2 Å². The van der Waals surface area contributed by atoms with Crippen LogP contribution in [0.1, 0.15) is 235 Å². The summed E-state index contributed by atoms with van der Waals surface area (Å²) in [4.78, 5) is 28.2. The Balaban J connectivity index is 0.000000133. The molecule has 0 atom stereocenters. The number of benzene rings is 5. The van der Waals surface area contributed by atoms with Gasteiger partial charge in [0.15, 0.2) is 0 Å². The first-order chi connectivity index (χ1) is 58.9. The maximum atomic E-state index is 5.66. The number of rotatable bonds is 20. The number of fused-ring (bicyclic) bond motifs is 8. The number of allylic oxidation sites excluding steroid dienone is 2. The van der Waals surface area contributed by atoms with Crippen molar-refractivity contribution < 1.29 is 49.5 Å². The molecule has 0 bridgehead atoms. The van der Waals surface area contributed by atoms with Crippen LogP contribution in [0, 0.1) is 40.7 Å². The third-order valence-corrected chi connectivity index (χ3v) is 23.0. The van der Waals surface area contributed by atoms with Gasteiger partial charge in [-0.15, -0.1) is 5.56 Å². The Labute approximate surface area is 733 Å². The molecule has 1 fully saturated rings. The smallest absolute Gasteiger partial charge is 0.372 e. The average Bonchev–Trinajstić information content (AvgIpc) is 1.53. The van der Waals surface area contributed by atoms with Crippen molar-refractivity contribution in [1.29, 1.82) is 0 Å². The van der Waals surface area contributed by atoms with Crippen molar-refractivity contribution in [3.05, 3.63) is 345 Å². The van der Waals surface area contributed by atoms with E-state index in [-0.39, 0.29) is 21.1 Å². The predicted molar refractivity (Wildman–Crippen MR) is 481 cm³/mol. The zero-order chi connectivity index (χ0) is 83.5. The van der Waals surface area contributed by atoms with Gasteiger partial charge in [-0.3, -0.25) is 29.9 Å². The molecule has 20 rings (SSSR count). The molecule has 121 heavy (non-hydrogen) atoms. The van der Waals surface area contributed by atoms with Crippen molar-refractivity contribution in [3.63, 3.8) is 0 Å². The number of aromatic nitrogens is 6. The second-order valence-corrected chi connectivity index (χ2v) is 31.4. The molecule has 3 aliphatic carbocycles. The Morgan fingerprint density at radius 3 is 1.20 bits per heavy atom. The maximum Gasteiger partial charge on any atom is 2.00 e. The Hall–Kier alpha value is -9.23. The van der Waals surface area contributed by atoms with Gasteiger partial charge in [0, 0.05) is 124 Å². The average molecular weight is 1790 g/mol. The summed E-state index contributed by atoms with van der Waals surface area (Å²) >= 11 is 0. The fourth-order valence-corrected chi connectivity index (χ4v) is 16.6. The largest absolute Gasteiger partial charge is 2.00 e. The van der Waals surface area contributed by atoms with Crippen molar-refractivity contribution in [3.8, 4) is 22.5 Å². The van der Waals surface area contributed by atoms with Crippen molar-refractivity contribution >= 4 is 12.2 Å². The number of hydrogen-bond donors (Lipinski definition) is 4. The Morgan fingerprint density at radius 1 is 0.364 bits per heavy atom. The first-order valence-electron chi connectivity index (χ1n) is 43.7. The Morgan fingerprint density at radius 2 is 0.736 bits per heavy atom. The molecule has 1 saturated carbocycles. The second-order valence-electron chi connectivity index (χ2n) is 31.4. The monoisotopic (exact) mass is 1790 g/mol. The third kappa shape index (κ3) is 24.6. The molecule has 5 aromatic carbocycles. The van der Waals surface area contributed by atoms with E-state index in [0.717, 1.165) is 192 Å². The van der Waals surface area contributed by atoms with E-state index in [9.17, 15) is 0 Å². The number of aryl methyl sites for hydroxylation is 6. The van der Waals surface area contributed by atoms with Gasteiger partial charge in [0.1, 0.15) is 0 Å². The van der Waals surface area contributed by atoms with Crippen LogP contribution in [0.2, 0.25) is 0 Å². The van der Waals surface area contributed by atoms with Crippen LogP contribution < -0.4 is 21.3 Å². The minimum Gasteiger partial charge on any atom is -0.372 e. The van der Waals surface area contributed by atoms with Crippen LogP contribution in [0.25, 0.3) is 34.7 Å². The Bertz CT molecular complexity index is 5300. The molecular weight excluding hydrogens is 1670 g/mol. The summed E-state index contributed by atoms with van der Waals surface area (Å²) in [6.45, 7) is 38.9. The van der Waals surface area contributed by atoms with Crippen LogP contribution in [0.3, 0.4) is 0 Å². The van der Waals surface area contributed by atoms with Crippen LogP contribution in [0.15, 0.2) is 164 Å². The van der Waals surface area contributed by atoms with E-state index in [1.54, 1.807) is 0 Å². The molecule has 0 amide bonds. The van der Waals surface area contributed by atoms with Crippen LogP contribution >= 0.6 is 0 Å². The summed E-state index contributed by atoms with van der Waals surface area (Å²) < 4.78 is 33.0. The molecule has 6 aromatic heterocycles. The number of nitrogens with zero attached hydrogens (tertiary/aromatic N) is 6.